The van der Waals surface area contributed by atoms with Gasteiger partial charge in [0.05, 0.1) is 30.8 Å². The van der Waals surface area contributed by atoms with Gasteiger partial charge in [-0.25, -0.2) is 4.98 Å². The van der Waals surface area contributed by atoms with Crippen LogP contribution in [0.2, 0.25) is 0 Å². The molecule has 0 atom stereocenters. The molecule has 0 saturated heterocycles. The fourth-order valence-electron chi connectivity index (χ4n) is 4.30. The third kappa shape index (κ3) is 4.43. The molecule has 0 spiro atoms. The molecular formula is C29H26N2O4. The fraction of sp³-hybridized carbons (Fsp3) is 0.172. The molecule has 0 unspecified atom stereocenters. The largest absolute Gasteiger partial charge is 0.496 e. The van der Waals surface area contributed by atoms with Crippen molar-refractivity contribution >= 4 is 10.9 Å². The minimum Gasteiger partial charge on any atom is -0.496 e. The van der Waals surface area contributed by atoms with Gasteiger partial charge in [-0.05, 0) is 67.4 Å². The molecule has 0 aliphatic carbocycles. The summed E-state index contributed by atoms with van der Waals surface area (Å²) in [4.78, 5) is 18.3. The molecule has 0 fully saturated rings. The normalized spacial score (nSPS) is 11.1. The van der Waals surface area contributed by atoms with Crippen LogP contribution in [0.5, 0.6) is 11.5 Å². The molecule has 0 saturated carbocycles. The quantitative estimate of drug-likeness (QED) is 0.298. The van der Waals surface area contributed by atoms with Crippen LogP contribution in [0.1, 0.15) is 22.5 Å². The summed E-state index contributed by atoms with van der Waals surface area (Å²) in [6, 6.07) is 22.9. The smallest absolute Gasteiger partial charge is 0.262 e. The van der Waals surface area contributed by atoms with Crippen molar-refractivity contribution in [2.75, 3.05) is 7.11 Å². The number of hydrogen-bond acceptors (Lipinski definition) is 5. The Balaban J connectivity index is 1.60. The van der Waals surface area contributed by atoms with Gasteiger partial charge >= 0.3 is 0 Å². The molecule has 0 N–H and O–H groups in total. The van der Waals surface area contributed by atoms with Gasteiger partial charge in [-0.15, -0.1) is 0 Å². The van der Waals surface area contributed by atoms with Crippen molar-refractivity contribution in [2.24, 2.45) is 0 Å². The van der Waals surface area contributed by atoms with Crippen molar-refractivity contribution in [3.05, 3.63) is 112 Å². The number of hydrogen-bond donors (Lipinski definition) is 0. The highest BCUT2D eigenvalue weighted by Gasteiger charge is 2.16. The lowest BCUT2D eigenvalue weighted by Crippen LogP contribution is -2.24. The molecule has 176 valence electrons. The summed E-state index contributed by atoms with van der Waals surface area (Å²) >= 11 is 0. The first-order valence-electron chi connectivity index (χ1n) is 11.4. The predicted molar refractivity (Wildman–Crippen MR) is 136 cm³/mol. The highest BCUT2D eigenvalue weighted by atomic mass is 16.5. The van der Waals surface area contributed by atoms with Gasteiger partial charge < -0.3 is 13.9 Å². The van der Waals surface area contributed by atoms with E-state index in [2.05, 4.69) is 0 Å². The van der Waals surface area contributed by atoms with E-state index in [1.165, 1.54) is 0 Å². The Morgan fingerprint density at radius 3 is 2.49 bits per heavy atom. The van der Waals surface area contributed by atoms with Crippen LogP contribution in [0.15, 0.2) is 88.3 Å². The Bertz CT molecular complexity index is 1530. The van der Waals surface area contributed by atoms with Crippen LogP contribution in [-0.4, -0.2) is 16.7 Å². The Labute approximate surface area is 203 Å². The molecule has 5 aromatic rings. The Kier molecular flexibility index (Phi) is 6.10. The van der Waals surface area contributed by atoms with E-state index in [1.807, 2.05) is 80.6 Å². The minimum absolute atomic E-state index is 0.119. The van der Waals surface area contributed by atoms with Gasteiger partial charge in [0, 0.05) is 11.1 Å². The van der Waals surface area contributed by atoms with Gasteiger partial charge in [0.15, 0.2) is 0 Å². The molecule has 6 heteroatoms. The lowest BCUT2D eigenvalue weighted by molar-refractivity contribution is 0.293. The van der Waals surface area contributed by atoms with E-state index >= 15 is 0 Å². The molecule has 5 rings (SSSR count). The first-order chi connectivity index (χ1) is 17.0. The zero-order chi connectivity index (χ0) is 24.4. The highest BCUT2D eigenvalue weighted by Crippen LogP contribution is 2.29. The van der Waals surface area contributed by atoms with Gasteiger partial charge in [0.25, 0.3) is 5.56 Å². The molecule has 0 aliphatic rings. The van der Waals surface area contributed by atoms with E-state index in [0.29, 0.717) is 34.8 Å². The summed E-state index contributed by atoms with van der Waals surface area (Å²) in [6.45, 7) is 4.66. The number of nitrogens with zero attached hydrogens (tertiary/aromatic N) is 2. The van der Waals surface area contributed by atoms with Crippen LogP contribution < -0.4 is 15.0 Å². The summed E-state index contributed by atoms with van der Waals surface area (Å²) in [5.41, 5.74) is 4.32. The van der Waals surface area contributed by atoms with Crippen molar-refractivity contribution in [1.82, 2.24) is 9.55 Å². The number of benzene rings is 3. The summed E-state index contributed by atoms with van der Waals surface area (Å²) < 4.78 is 19.0. The topological polar surface area (TPSA) is 66.5 Å². The zero-order valence-electron chi connectivity index (χ0n) is 19.9. The van der Waals surface area contributed by atoms with E-state index in [9.17, 15) is 4.79 Å². The molecule has 3 aromatic carbocycles. The second-order valence-corrected chi connectivity index (χ2v) is 8.46. The van der Waals surface area contributed by atoms with Crippen molar-refractivity contribution in [2.45, 2.75) is 27.0 Å². The average molecular weight is 467 g/mol. The van der Waals surface area contributed by atoms with E-state index in [4.69, 9.17) is 18.9 Å². The van der Waals surface area contributed by atoms with Crippen molar-refractivity contribution < 1.29 is 13.9 Å². The lowest BCUT2D eigenvalue weighted by Gasteiger charge is -2.17. The van der Waals surface area contributed by atoms with Crippen LogP contribution in [0.4, 0.5) is 0 Å². The van der Waals surface area contributed by atoms with Crippen molar-refractivity contribution in [3.63, 3.8) is 0 Å². The van der Waals surface area contributed by atoms with E-state index < -0.39 is 0 Å². The fourth-order valence-corrected chi connectivity index (χ4v) is 4.30. The lowest BCUT2D eigenvalue weighted by atomic mass is 10.1. The number of fused-ring (bicyclic) bond motifs is 1. The van der Waals surface area contributed by atoms with Gasteiger partial charge in [0.2, 0.25) is 0 Å². The summed E-state index contributed by atoms with van der Waals surface area (Å²) in [7, 11) is 1.64. The molecule has 2 heterocycles. The number of para-hydroxylation sites is 2. The second-order valence-electron chi connectivity index (χ2n) is 8.46. The van der Waals surface area contributed by atoms with Crippen molar-refractivity contribution in [1.29, 1.82) is 0 Å². The maximum absolute atomic E-state index is 13.5. The number of methoxy groups -OCH3 is 1. The van der Waals surface area contributed by atoms with Gasteiger partial charge in [-0.3, -0.25) is 9.36 Å². The first kappa shape index (κ1) is 22.5. The van der Waals surface area contributed by atoms with Gasteiger partial charge in [-0.2, -0.15) is 0 Å². The third-order valence-corrected chi connectivity index (χ3v) is 6.08. The molecule has 35 heavy (non-hydrogen) atoms. The summed E-state index contributed by atoms with van der Waals surface area (Å²) in [5.74, 6) is 2.80. The predicted octanol–water partition coefficient (Wildman–Crippen LogP) is 5.91. The van der Waals surface area contributed by atoms with Crippen LogP contribution >= 0.6 is 0 Å². The van der Waals surface area contributed by atoms with Crippen LogP contribution in [0.25, 0.3) is 22.3 Å². The second kappa shape index (κ2) is 9.50. The van der Waals surface area contributed by atoms with Crippen LogP contribution in [0.3, 0.4) is 0 Å². The molecule has 0 radical (unpaired) electrons. The summed E-state index contributed by atoms with van der Waals surface area (Å²) in [5, 5.41) is 0.565. The van der Waals surface area contributed by atoms with E-state index in [-0.39, 0.29) is 12.1 Å². The van der Waals surface area contributed by atoms with Crippen LogP contribution in [0, 0.1) is 13.8 Å². The third-order valence-electron chi connectivity index (χ3n) is 6.08. The Hall–Kier alpha value is -4.32. The number of furan rings is 1. The maximum atomic E-state index is 13.5. The maximum Gasteiger partial charge on any atom is 0.262 e. The Morgan fingerprint density at radius 1 is 0.943 bits per heavy atom. The standard InChI is InChI=1S/C29H26N2O4/c1-19-8-6-9-20(2)27(19)35-18-22-16-21(13-14-26(22)33-3)28-30-25-12-5-4-11-24(25)29(32)31(28)17-23-10-7-15-34-23/h4-16H,17-18H2,1-3H3. The number of aryl methyl sites for hydroxylation is 2. The highest BCUT2D eigenvalue weighted by molar-refractivity contribution is 5.79. The monoisotopic (exact) mass is 466 g/mol. The SMILES string of the molecule is COc1ccc(-c2nc3ccccc3c(=O)n2Cc2ccco2)cc1COc1c(C)cccc1C. The zero-order valence-corrected chi connectivity index (χ0v) is 19.9. The van der Waals surface area contributed by atoms with E-state index in [0.717, 1.165) is 28.0 Å². The van der Waals surface area contributed by atoms with Gasteiger partial charge in [0.1, 0.15) is 29.7 Å². The van der Waals surface area contributed by atoms with Crippen molar-refractivity contribution in [3.8, 4) is 22.9 Å². The molecule has 6 nitrogen and oxygen atoms in total. The molecule has 0 bridgehead atoms. The molecule has 0 amide bonds. The average Bonchev–Trinajstić information content (AvgIpc) is 3.38. The molecule has 0 aliphatic heterocycles. The number of rotatable bonds is 7. The number of ether oxygens (including phenoxy) is 2. The number of aromatic nitrogens is 2. The van der Waals surface area contributed by atoms with E-state index in [1.54, 1.807) is 24.0 Å². The first-order valence-corrected chi connectivity index (χ1v) is 11.4. The van der Waals surface area contributed by atoms with Gasteiger partial charge in [-0.1, -0.05) is 30.3 Å². The Morgan fingerprint density at radius 2 is 1.74 bits per heavy atom. The molecular weight excluding hydrogens is 440 g/mol. The minimum atomic E-state index is -0.119. The summed E-state index contributed by atoms with van der Waals surface area (Å²) in [6.07, 6.45) is 1.60. The van der Waals surface area contributed by atoms with Crippen LogP contribution in [-0.2, 0) is 13.2 Å². The molecule has 2 aromatic heterocycles.